The van der Waals surface area contributed by atoms with Crippen LogP contribution >= 0.6 is 0 Å². The van der Waals surface area contributed by atoms with E-state index < -0.39 is 16.1 Å². The van der Waals surface area contributed by atoms with Crippen LogP contribution in [0.4, 0.5) is 0 Å². The van der Waals surface area contributed by atoms with Crippen molar-refractivity contribution in [3.63, 3.8) is 0 Å². The second kappa shape index (κ2) is 10.9. The zero-order valence-corrected chi connectivity index (χ0v) is 22.9. The van der Waals surface area contributed by atoms with E-state index in [4.69, 9.17) is 9.47 Å². The van der Waals surface area contributed by atoms with Crippen LogP contribution in [0.25, 0.3) is 0 Å². The Morgan fingerprint density at radius 1 is 1.05 bits per heavy atom. The number of aryl methyl sites for hydroxylation is 3. The summed E-state index contributed by atoms with van der Waals surface area (Å²) in [4.78, 5) is 19.0. The summed E-state index contributed by atoms with van der Waals surface area (Å²) < 4.78 is 43.3. The number of nitrogens with zero attached hydrogens (tertiary/aromatic N) is 4. The third-order valence-corrected chi connectivity index (χ3v) is 9.45. The summed E-state index contributed by atoms with van der Waals surface area (Å²) in [5.74, 6) is 0.604. The third-order valence-electron chi connectivity index (χ3n) is 7.24. The van der Waals surface area contributed by atoms with Crippen LogP contribution < -0.4 is 4.74 Å². The molecule has 0 radical (unpaired) electrons. The smallest absolute Gasteiger partial charge is 0.248 e. The van der Waals surface area contributed by atoms with Crippen LogP contribution in [0.3, 0.4) is 0 Å². The normalized spacial score (nSPS) is 19.9. The average molecular weight is 539 g/mol. The van der Waals surface area contributed by atoms with Gasteiger partial charge in [-0.2, -0.15) is 4.31 Å². The molecular weight excluding hydrogens is 504 g/mol. The van der Waals surface area contributed by atoms with Gasteiger partial charge in [0, 0.05) is 50.3 Å². The van der Waals surface area contributed by atoms with Crippen molar-refractivity contribution in [3.05, 3.63) is 77.4 Å². The fourth-order valence-corrected chi connectivity index (χ4v) is 7.59. The number of hydrogen-bond donors (Lipinski definition) is 0. The van der Waals surface area contributed by atoms with Crippen LogP contribution in [0, 0.1) is 20.8 Å². The van der Waals surface area contributed by atoms with Gasteiger partial charge in [0.05, 0.1) is 24.1 Å². The number of ether oxygens (including phenoxy) is 2. The lowest BCUT2D eigenvalue weighted by atomic mass is 10.1. The maximum Gasteiger partial charge on any atom is 0.248 e. The molecule has 2 aliphatic heterocycles. The van der Waals surface area contributed by atoms with Gasteiger partial charge >= 0.3 is 0 Å². The van der Waals surface area contributed by atoms with Crippen LogP contribution in [0.2, 0.25) is 0 Å². The molecule has 3 aromatic rings. The van der Waals surface area contributed by atoms with Gasteiger partial charge in [0.25, 0.3) is 0 Å². The molecule has 202 valence electrons. The number of carbonyl (C=O) groups is 1. The number of amides is 1. The molecule has 0 aliphatic carbocycles. The number of benzene rings is 1. The number of fused-ring (bicyclic) bond motifs is 1. The van der Waals surface area contributed by atoms with Crippen molar-refractivity contribution in [2.45, 2.75) is 50.8 Å². The summed E-state index contributed by atoms with van der Waals surface area (Å²) in [7, 11) is -3.79. The number of likely N-dealkylation sites (tertiary alicyclic amines) is 1. The summed E-state index contributed by atoms with van der Waals surface area (Å²) >= 11 is 0. The predicted molar refractivity (Wildman–Crippen MR) is 142 cm³/mol. The molecule has 0 saturated carbocycles. The average Bonchev–Trinajstić information content (AvgIpc) is 3.53. The van der Waals surface area contributed by atoms with Gasteiger partial charge in [-0.15, -0.1) is 0 Å². The highest BCUT2D eigenvalue weighted by Gasteiger charge is 2.38. The first-order chi connectivity index (χ1) is 18.2. The second-order valence-electron chi connectivity index (χ2n) is 10.1. The lowest BCUT2D eigenvalue weighted by Gasteiger charge is -2.36. The fraction of sp³-hybridized carbons (Fsp3) is 0.429. The van der Waals surface area contributed by atoms with Crippen LogP contribution in [-0.4, -0.2) is 72.0 Å². The molecule has 0 bridgehead atoms. The van der Waals surface area contributed by atoms with E-state index in [1.165, 1.54) is 4.31 Å². The van der Waals surface area contributed by atoms with Crippen molar-refractivity contribution in [1.82, 2.24) is 18.8 Å². The van der Waals surface area contributed by atoms with E-state index in [0.717, 1.165) is 34.6 Å². The molecule has 2 aliphatic rings. The first-order valence-electron chi connectivity index (χ1n) is 12.9. The van der Waals surface area contributed by atoms with Gasteiger partial charge in [-0.05, 0) is 56.2 Å². The van der Waals surface area contributed by atoms with E-state index in [0.29, 0.717) is 31.1 Å². The highest BCUT2D eigenvalue weighted by atomic mass is 32.2. The van der Waals surface area contributed by atoms with Gasteiger partial charge in [0.2, 0.25) is 15.9 Å². The van der Waals surface area contributed by atoms with Crippen molar-refractivity contribution in [1.29, 1.82) is 0 Å². The largest absolute Gasteiger partial charge is 0.488 e. The van der Waals surface area contributed by atoms with Gasteiger partial charge in [-0.3, -0.25) is 9.78 Å². The number of rotatable bonds is 8. The Morgan fingerprint density at radius 3 is 2.53 bits per heavy atom. The molecule has 1 amide bonds. The summed E-state index contributed by atoms with van der Waals surface area (Å²) in [6.45, 7) is 7.59. The molecule has 2 aromatic heterocycles. The van der Waals surface area contributed by atoms with Gasteiger partial charge in [-0.1, -0.05) is 17.7 Å². The summed E-state index contributed by atoms with van der Waals surface area (Å²) in [6.07, 6.45) is 5.96. The standard InChI is InChI=1S/C28H34N4O5S/c1-20-15-21(2)28(22(3)16-20)38(34,35)32-14-13-30-11-4-5-25(30)26(32)18-36-19-27(33)31-12-8-24(17-31)37-23-6-9-29-10-7-23/h4-7,9-11,15-16,24,26H,8,12-14,17-19H2,1-3H3. The van der Waals surface area contributed by atoms with Crippen molar-refractivity contribution >= 4 is 15.9 Å². The predicted octanol–water partition coefficient (Wildman–Crippen LogP) is 3.25. The lowest BCUT2D eigenvalue weighted by molar-refractivity contribution is -0.135. The SMILES string of the molecule is Cc1cc(C)c(S(=O)(=O)N2CCn3cccc3C2COCC(=O)N2CCC(Oc3ccncc3)C2)c(C)c1. The quantitative estimate of drug-likeness (QED) is 0.437. The van der Waals surface area contributed by atoms with E-state index in [2.05, 4.69) is 9.55 Å². The number of hydrogen-bond acceptors (Lipinski definition) is 6. The highest BCUT2D eigenvalue weighted by Crippen LogP contribution is 2.34. The Morgan fingerprint density at radius 2 is 1.79 bits per heavy atom. The van der Waals surface area contributed by atoms with E-state index in [1.54, 1.807) is 29.4 Å². The van der Waals surface area contributed by atoms with E-state index >= 15 is 0 Å². The topological polar surface area (TPSA) is 94.0 Å². The van der Waals surface area contributed by atoms with Crippen molar-refractivity contribution in [3.8, 4) is 5.75 Å². The molecule has 0 N–H and O–H groups in total. The van der Waals surface area contributed by atoms with Crippen LogP contribution in [0.5, 0.6) is 5.75 Å². The van der Waals surface area contributed by atoms with E-state index in [1.807, 2.05) is 51.2 Å². The summed E-state index contributed by atoms with van der Waals surface area (Å²) in [5, 5.41) is 0. The monoisotopic (exact) mass is 538 g/mol. The van der Waals surface area contributed by atoms with Gasteiger partial charge in [0.1, 0.15) is 18.5 Å². The Labute approximate surface area is 224 Å². The molecule has 1 fully saturated rings. The molecule has 9 nitrogen and oxygen atoms in total. The first-order valence-corrected chi connectivity index (χ1v) is 14.3. The minimum absolute atomic E-state index is 0.0791. The maximum absolute atomic E-state index is 13.9. The highest BCUT2D eigenvalue weighted by molar-refractivity contribution is 7.89. The molecule has 4 heterocycles. The molecule has 0 spiro atoms. The Balaban J connectivity index is 1.26. The molecule has 2 atom stereocenters. The van der Waals surface area contributed by atoms with Crippen LogP contribution in [-0.2, 0) is 26.1 Å². The Hall–Kier alpha value is -3.21. The first kappa shape index (κ1) is 26.4. The van der Waals surface area contributed by atoms with Crippen LogP contribution in [0.1, 0.15) is 34.8 Å². The van der Waals surface area contributed by atoms with Crippen LogP contribution in [0.15, 0.2) is 59.9 Å². The number of carbonyl (C=O) groups excluding carboxylic acids is 1. The minimum Gasteiger partial charge on any atom is -0.488 e. The van der Waals surface area contributed by atoms with Crippen molar-refractivity contribution in [2.75, 3.05) is 32.8 Å². The van der Waals surface area contributed by atoms with Gasteiger partial charge < -0.3 is 18.9 Å². The second-order valence-corrected chi connectivity index (χ2v) is 11.9. The third kappa shape index (κ3) is 5.34. The number of pyridine rings is 1. The maximum atomic E-state index is 13.9. The molecule has 38 heavy (non-hydrogen) atoms. The van der Waals surface area contributed by atoms with E-state index in [9.17, 15) is 13.2 Å². The zero-order chi connectivity index (χ0) is 26.9. The molecule has 1 saturated heterocycles. The Kier molecular flexibility index (Phi) is 7.56. The molecule has 10 heteroatoms. The molecular formula is C28H34N4O5S. The Bertz CT molecular complexity index is 1380. The molecule has 1 aromatic carbocycles. The fourth-order valence-electron chi connectivity index (χ4n) is 5.60. The van der Waals surface area contributed by atoms with E-state index in [-0.39, 0.29) is 25.2 Å². The summed E-state index contributed by atoms with van der Waals surface area (Å²) in [6, 6.07) is 10.7. The zero-order valence-electron chi connectivity index (χ0n) is 22.0. The van der Waals surface area contributed by atoms with Crippen molar-refractivity contribution in [2.24, 2.45) is 0 Å². The summed E-state index contributed by atoms with van der Waals surface area (Å²) in [5.41, 5.74) is 3.36. The molecule has 2 unspecified atom stereocenters. The number of aromatic nitrogens is 2. The van der Waals surface area contributed by atoms with Crippen molar-refractivity contribution < 1.29 is 22.7 Å². The van der Waals surface area contributed by atoms with Gasteiger partial charge in [-0.25, -0.2) is 8.42 Å². The lowest BCUT2D eigenvalue weighted by Crippen LogP contribution is -2.44. The number of sulfonamides is 1. The molecule has 5 rings (SSSR count). The minimum atomic E-state index is -3.79. The van der Waals surface area contributed by atoms with Gasteiger partial charge in [0.15, 0.2) is 0 Å².